The predicted molar refractivity (Wildman–Crippen MR) is 161 cm³/mol. The van der Waals surface area contributed by atoms with E-state index in [1.165, 1.54) is 11.8 Å². The number of carboxylic acid groups (broad SMARTS) is 1. The number of anilines is 1. The molecule has 2 amide bonds. The highest BCUT2D eigenvalue weighted by atomic mass is 32.2. The fourth-order valence-electron chi connectivity index (χ4n) is 4.76. The minimum Gasteiger partial charge on any atom is -0.478 e. The fraction of sp³-hybridized carbons (Fsp3) is 0.344. The maximum absolute atomic E-state index is 12.5. The molecule has 3 aromatic carbocycles. The van der Waals surface area contributed by atoms with Crippen LogP contribution >= 0.6 is 11.8 Å². The van der Waals surface area contributed by atoms with Crippen LogP contribution in [0.5, 0.6) is 0 Å². The van der Waals surface area contributed by atoms with E-state index in [9.17, 15) is 24.6 Å². The van der Waals surface area contributed by atoms with Crippen LogP contribution in [0, 0.1) is 0 Å². The lowest BCUT2D eigenvalue weighted by atomic mass is 10.0. The number of ether oxygens (including phenoxy) is 2. The van der Waals surface area contributed by atoms with Crippen molar-refractivity contribution in [3.63, 3.8) is 0 Å². The Morgan fingerprint density at radius 2 is 1.60 bits per heavy atom. The summed E-state index contributed by atoms with van der Waals surface area (Å²) >= 11 is 1.42. The Morgan fingerprint density at radius 1 is 0.860 bits per heavy atom. The van der Waals surface area contributed by atoms with Gasteiger partial charge in [0.05, 0.1) is 24.4 Å². The number of hydrogen-bond donors (Lipinski definition) is 5. The first-order valence-corrected chi connectivity index (χ1v) is 15.1. The standard InChI is InChI=1S/C32H36N2O8S/c35-19-21-13-15-22(16-14-21)27-18-25(20-43-28-10-5-4-9-26(28)31(38)39)41-32(42-27)23-7-6-8-24(17-23)33-29(36)11-2-1-3-12-30(37)34-40/h4-10,13-17,25,27,32,35,40H,1-3,11-12,18-20H2,(H,33,36)(H,34,37)(H,38,39)/t25-,27+,32+/m0/s1. The van der Waals surface area contributed by atoms with Gasteiger partial charge < -0.3 is 25.0 Å². The number of carbonyl (C=O) groups is 3. The van der Waals surface area contributed by atoms with Gasteiger partial charge >= 0.3 is 5.97 Å². The summed E-state index contributed by atoms with van der Waals surface area (Å²) in [5.41, 5.74) is 4.90. The molecule has 0 spiro atoms. The van der Waals surface area contributed by atoms with Gasteiger partial charge in [-0.1, -0.05) is 55.0 Å². The Morgan fingerprint density at radius 3 is 2.33 bits per heavy atom. The average molecular weight is 609 g/mol. The number of hydrogen-bond acceptors (Lipinski definition) is 8. The number of benzene rings is 3. The third kappa shape index (κ3) is 9.63. The summed E-state index contributed by atoms with van der Waals surface area (Å²) in [5, 5.41) is 30.5. The number of rotatable bonds is 14. The van der Waals surface area contributed by atoms with E-state index >= 15 is 0 Å². The molecule has 0 bridgehead atoms. The molecule has 3 atom stereocenters. The number of unbranched alkanes of at least 4 members (excludes halogenated alkanes) is 2. The lowest BCUT2D eigenvalue weighted by molar-refractivity contribution is -0.245. The minimum atomic E-state index is -0.983. The van der Waals surface area contributed by atoms with E-state index < -0.39 is 18.2 Å². The van der Waals surface area contributed by atoms with Crippen molar-refractivity contribution in [2.24, 2.45) is 0 Å². The van der Waals surface area contributed by atoms with Crippen molar-refractivity contribution in [2.45, 2.75) is 68.5 Å². The zero-order valence-corrected chi connectivity index (χ0v) is 24.4. The number of aromatic carboxylic acids is 1. The fourth-order valence-corrected chi connectivity index (χ4v) is 5.83. The van der Waals surface area contributed by atoms with Gasteiger partial charge in [0.25, 0.3) is 0 Å². The molecule has 3 aromatic rings. The summed E-state index contributed by atoms with van der Waals surface area (Å²) in [6.07, 6.45) is 1.62. The van der Waals surface area contributed by atoms with Crippen LogP contribution in [0.4, 0.5) is 5.69 Å². The van der Waals surface area contributed by atoms with E-state index in [2.05, 4.69) is 5.32 Å². The van der Waals surface area contributed by atoms with E-state index in [1.807, 2.05) is 48.5 Å². The highest BCUT2D eigenvalue weighted by Gasteiger charge is 2.32. The van der Waals surface area contributed by atoms with Gasteiger partial charge in [0, 0.05) is 41.2 Å². The molecule has 0 saturated carbocycles. The largest absolute Gasteiger partial charge is 0.478 e. The van der Waals surface area contributed by atoms with Gasteiger partial charge in [0.2, 0.25) is 11.8 Å². The first kappa shape index (κ1) is 32.2. The molecule has 4 rings (SSSR count). The van der Waals surface area contributed by atoms with E-state index in [-0.39, 0.29) is 36.7 Å². The van der Waals surface area contributed by atoms with Crippen molar-refractivity contribution in [1.82, 2.24) is 5.48 Å². The Balaban J connectivity index is 1.44. The van der Waals surface area contributed by atoms with Crippen LogP contribution in [-0.2, 0) is 25.7 Å². The van der Waals surface area contributed by atoms with Crippen molar-refractivity contribution in [1.29, 1.82) is 0 Å². The predicted octanol–water partition coefficient (Wildman–Crippen LogP) is 5.61. The molecule has 0 aromatic heterocycles. The number of aliphatic hydroxyl groups excluding tert-OH is 1. The van der Waals surface area contributed by atoms with Crippen molar-refractivity contribution >= 4 is 35.2 Å². The molecule has 228 valence electrons. The second kappa shape index (κ2) is 16.2. The van der Waals surface area contributed by atoms with Crippen LogP contribution < -0.4 is 10.8 Å². The summed E-state index contributed by atoms with van der Waals surface area (Å²) in [6, 6.07) is 21.7. The molecule has 0 unspecified atom stereocenters. The zero-order valence-electron chi connectivity index (χ0n) is 23.6. The van der Waals surface area contributed by atoms with Crippen LogP contribution in [-0.4, -0.2) is 45.1 Å². The SMILES string of the molecule is O=C(CCCCCC(=O)Nc1cccc([C@@H]2O[C@H](CSc3ccccc3C(=O)O)C[C@H](c3ccc(CO)cc3)O2)c1)NO. The van der Waals surface area contributed by atoms with Crippen LogP contribution in [0.25, 0.3) is 0 Å². The third-order valence-electron chi connectivity index (χ3n) is 7.03. The van der Waals surface area contributed by atoms with E-state index in [4.69, 9.17) is 14.7 Å². The maximum Gasteiger partial charge on any atom is 0.336 e. The lowest BCUT2D eigenvalue weighted by Crippen LogP contribution is -2.31. The second-order valence-electron chi connectivity index (χ2n) is 10.2. The molecule has 11 heteroatoms. The molecule has 1 fully saturated rings. The number of thioether (sulfide) groups is 1. The van der Waals surface area contributed by atoms with E-state index in [1.54, 1.807) is 29.7 Å². The van der Waals surface area contributed by atoms with Crippen molar-refractivity contribution in [3.05, 3.63) is 95.1 Å². The minimum absolute atomic E-state index is 0.0564. The summed E-state index contributed by atoms with van der Waals surface area (Å²) < 4.78 is 12.8. The monoisotopic (exact) mass is 608 g/mol. The molecule has 10 nitrogen and oxygen atoms in total. The molecule has 1 aliphatic heterocycles. The molecule has 0 radical (unpaired) electrons. The normalized spacial score (nSPS) is 18.1. The smallest absolute Gasteiger partial charge is 0.336 e. The molecule has 43 heavy (non-hydrogen) atoms. The number of amides is 2. The molecular weight excluding hydrogens is 572 g/mol. The lowest BCUT2D eigenvalue weighted by Gasteiger charge is -2.36. The van der Waals surface area contributed by atoms with Gasteiger partial charge in [-0.3, -0.25) is 14.8 Å². The molecular formula is C32H36N2O8S. The second-order valence-corrected chi connectivity index (χ2v) is 11.3. The third-order valence-corrected chi connectivity index (χ3v) is 8.24. The van der Waals surface area contributed by atoms with Gasteiger partial charge in [0.15, 0.2) is 6.29 Å². The number of nitrogens with one attached hydrogen (secondary N) is 2. The summed E-state index contributed by atoms with van der Waals surface area (Å²) in [4.78, 5) is 36.0. The highest BCUT2D eigenvalue weighted by Crippen LogP contribution is 2.40. The van der Waals surface area contributed by atoms with Crippen molar-refractivity contribution in [3.8, 4) is 0 Å². The van der Waals surface area contributed by atoms with E-state index in [0.717, 1.165) is 16.7 Å². The number of aliphatic hydroxyl groups is 1. The summed E-state index contributed by atoms with van der Waals surface area (Å²) in [5.74, 6) is -1.07. The number of carbonyl (C=O) groups excluding carboxylic acids is 2. The van der Waals surface area contributed by atoms with Gasteiger partial charge in [0.1, 0.15) is 0 Å². The van der Waals surface area contributed by atoms with Crippen molar-refractivity contribution in [2.75, 3.05) is 11.1 Å². The van der Waals surface area contributed by atoms with Crippen LogP contribution in [0.2, 0.25) is 0 Å². The zero-order chi connectivity index (χ0) is 30.6. The first-order valence-electron chi connectivity index (χ1n) is 14.1. The van der Waals surface area contributed by atoms with Gasteiger partial charge in [-0.15, -0.1) is 11.8 Å². The summed E-state index contributed by atoms with van der Waals surface area (Å²) in [6.45, 7) is -0.0564. The van der Waals surface area contributed by atoms with E-state index in [0.29, 0.717) is 48.4 Å². The molecule has 0 aliphatic carbocycles. The Labute approximate surface area is 254 Å². The van der Waals surface area contributed by atoms with Crippen LogP contribution in [0.15, 0.2) is 77.7 Å². The van der Waals surface area contributed by atoms with Crippen LogP contribution in [0.3, 0.4) is 0 Å². The average Bonchev–Trinajstić information content (AvgIpc) is 3.03. The number of hydroxylamine groups is 1. The molecule has 5 N–H and O–H groups in total. The molecule has 1 heterocycles. The molecule has 1 saturated heterocycles. The maximum atomic E-state index is 12.5. The van der Waals surface area contributed by atoms with Crippen molar-refractivity contribution < 1.29 is 39.3 Å². The highest BCUT2D eigenvalue weighted by molar-refractivity contribution is 7.99. The Bertz CT molecular complexity index is 1380. The Hall–Kier alpha value is -3.74. The van der Waals surface area contributed by atoms with Crippen LogP contribution in [0.1, 0.15) is 78.0 Å². The number of carboxylic acids is 1. The topological polar surface area (TPSA) is 154 Å². The van der Waals surface area contributed by atoms with Gasteiger partial charge in [-0.05, 0) is 48.2 Å². The first-order chi connectivity index (χ1) is 20.9. The van der Waals surface area contributed by atoms with Gasteiger partial charge in [-0.2, -0.15) is 0 Å². The molecule has 1 aliphatic rings. The van der Waals surface area contributed by atoms with Gasteiger partial charge in [-0.25, -0.2) is 10.3 Å². The quantitative estimate of drug-likeness (QED) is 0.0680. The summed E-state index contributed by atoms with van der Waals surface area (Å²) in [7, 11) is 0. The Kier molecular flexibility index (Phi) is 12.1.